The van der Waals surface area contributed by atoms with Gasteiger partial charge in [-0.15, -0.1) is 12.4 Å². The maximum atomic E-state index is 13.3. The van der Waals surface area contributed by atoms with E-state index in [1.807, 2.05) is 6.92 Å². The molecule has 1 fully saturated rings. The van der Waals surface area contributed by atoms with Crippen molar-refractivity contribution in [1.82, 2.24) is 4.90 Å². The van der Waals surface area contributed by atoms with Crippen molar-refractivity contribution in [3.05, 3.63) is 41.9 Å². The van der Waals surface area contributed by atoms with Crippen LogP contribution in [0.3, 0.4) is 0 Å². The minimum absolute atomic E-state index is 0. The number of carbonyl (C=O) groups excluding carboxylic acids is 2. The molecule has 9 heteroatoms. The van der Waals surface area contributed by atoms with Crippen molar-refractivity contribution in [2.24, 2.45) is 11.7 Å². The molecule has 0 aliphatic carbocycles. The summed E-state index contributed by atoms with van der Waals surface area (Å²) in [7, 11) is 2.99. The fraction of sp³-hybridized carbons (Fsp3) is 0.400. The number of amides is 2. The Morgan fingerprint density at radius 3 is 2.52 bits per heavy atom. The van der Waals surface area contributed by atoms with Crippen LogP contribution in [-0.2, 0) is 0 Å². The van der Waals surface area contributed by atoms with Crippen molar-refractivity contribution < 1.29 is 23.5 Å². The average Bonchev–Trinajstić information content (AvgIpc) is 3.36. The number of anilines is 1. The number of nitrogens with zero attached hydrogens (tertiary/aromatic N) is 1. The van der Waals surface area contributed by atoms with E-state index in [1.54, 1.807) is 29.2 Å². The Kier molecular flexibility index (Phi) is 7.53. The summed E-state index contributed by atoms with van der Waals surface area (Å²) in [6, 6.07) is 6.39. The number of benzene rings is 1. The van der Waals surface area contributed by atoms with Gasteiger partial charge in [-0.25, -0.2) is 0 Å². The minimum atomic E-state index is -0.458. The van der Waals surface area contributed by atoms with Crippen LogP contribution >= 0.6 is 12.4 Å². The van der Waals surface area contributed by atoms with Crippen LogP contribution in [0.15, 0.2) is 34.9 Å². The van der Waals surface area contributed by atoms with Crippen molar-refractivity contribution in [3.63, 3.8) is 0 Å². The van der Waals surface area contributed by atoms with Gasteiger partial charge in [0.25, 0.3) is 11.8 Å². The van der Waals surface area contributed by atoms with Gasteiger partial charge in [-0.1, -0.05) is 0 Å². The first-order chi connectivity index (χ1) is 13.5. The molecule has 1 aliphatic rings. The van der Waals surface area contributed by atoms with Crippen LogP contribution in [0.2, 0.25) is 0 Å². The number of hydrogen-bond acceptors (Lipinski definition) is 6. The lowest BCUT2D eigenvalue weighted by Crippen LogP contribution is -2.35. The molecule has 2 atom stereocenters. The fourth-order valence-electron chi connectivity index (χ4n) is 3.50. The van der Waals surface area contributed by atoms with Crippen molar-refractivity contribution >= 4 is 29.9 Å². The van der Waals surface area contributed by atoms with Crippen LogP contribution in [0, 0.1) is 5.92 Å². The van der Waals surface area contributed by atoms with Gasteiger partial charge in [0.1, 0.15) is 0 Å². The third kappa shape index (κ3) is 4.65. The van der Waals surface area contributed by atoms with Crippen LogP contribution < -0.4 is 20.5 Å². The first-order valence-corrected chi connectivity index (χ1v) is 9.10. The largest absolute Gasteiger partial charge is 0.493 e. The molecular formula is C20H26ClN3O5. The Bertz CT molecular complexity index is 856. The molecule has 1 aromatic heterocycles. The van der Waals surface area contributed by atoms with Gasteiger partial charge < -0.3 is 29.8 Å². The van der Waals surface area contributed by atoms with Gasteiger partial charge in [0, 0.05) is 18.7 Å². The van der Waals surface area contributed by atoms with E-state index in [2.05, 4.69) is 5.32 Å². The number of likely N-dealkylation sites (tertiary alicyclic amines) is 1. The first kappa shape index (κ1) is 22.6. The van der Waals surface area contributed by atoms with Crippen LogP contribution in [0.4, 0.5) is 5.69 Å². The highest BCUT2D eigenvalue weighted by atomic mass is 35.5. The van der Waals surface area contributed by atoms with Crippen LogP contribution in [0.1, 0.15) is 34.3 Å². The molecule has 3 N–H and O–H groups in total. The van der Waals surface area contributed by atoms with Crippen molar-refractivity contribution in [3.8, 4) is 11.5 Å². The quantitative estimate of drug-likeness (QED) is 0.739. The summed E-state index contributed by atoms with van der Waals surface area (Å²) in [5.74, 6) is 0.568. The van der Waals surface area contributed by atoms with E-state index in [0.717, 1.165) is 6.42 Å². The van der Waals surface area contributed by atoms with Crippen LogP contribution in [0.5, 0.6) is 11.5 Å². The van der Waals surface area contributed by atoms with Gasteiger partial charge in [0.2, 0.25) is 0 Å². The molecule has 1 aliphatic heterocycles. The zero-order valence-electron chi connectivity index (χ0n) is 16.6. The summed E-state index contributed by atoms with van der Waals surface area (Å²) in [4.78, 5) is 27.5. The molecule has 0 radical (unpaired) electrons. The van der Waals surface area contributed by atoms with Gasteiger partial charge in [-0.3, -0.25) is 9.59 Å². The van der Waals surface area contributed by atoms with Crippen LogP contribution in [0.25, 0.3) is 0 Å². The number of methoxy groups -OCH3 is 2. The van der Waals surface area contributed by atoms with Gasteiger partial charge in [-0.2, -0.15) is 0 Å². The van der Waals surface area contributed by atoms with E-state index in [9.17, 15) is 9.59 Å². The van der Waals surface area contributed by atoms with Crippen molar-refractivity contribution in [2.75, 3.05) is 32.6 Å². The van der Waals surface area contributed by atoms with Gasteiger partial charge in [-0.05, 0) is 44.0 Å². The first-order valence-electron chi connectivity index (χ1n) is 9.10. The van der Waals surface area contributed by atoms with E-state index >= 15 is 0 Å². The Labute approximate surface area is 175 Å². The maximum Gasteiger partial charge on any atom is 0.291 e. The Morgan fingerprint density at radius 2 is 1.97 bits per heavy atom. The molecule has 0 saturated carbocycles. The monoisotopic (exact) mass is 423 g/mol. The minimum Gasteiger partial charge on any atom is -0.493 e. The third-order valence-corrected chi connectivity index (χ3v) is 5.00. The lowest BCUT2D eigenvalue weighted by atomic mass is 10.1. The summed E-state index contributed by atoms with van der Waals surface area (Å²) >= 11 is 0. The van der Waals surface area contributed by atoms with Gasteiger partial charge >= 0.3 is 0 Å². The SMILES string of the molecule is COc1cc(NC(=O)c2ccco2)c(C(=O)N2CC(CN)CC2C)cc1OC.Cl. The van der Waals surface area contributed by atoms with Crippen molar-refractivity contribution in [2.45, 2.75) is 19.4 Å². The zero-order valence-corrected chi connectivity index (χ0v) is 17.5. The molecule has 1 aromatic carbocycles. The Morgan fingerprint density at radius 1 is 1.28 bits per heavy atom. The molecule has 8 nitrogen and oxygen atoms in total. The van der Waals surface area contributed by atoms with Gasteiger partial charge in [0.15, 0.2) is 17.3 Å². The lowest BCUT2D eigenvalue weighted by Gasteiger charge is -2.24. The number of nitrogens with one attached hydrogen (secondary N) is 1. The normalized spacial score (nSPS) is 18.1. The predicted octanol–water partition coefficient (Wildman–Crippen LogP) is 2.78. The Balaban J connectivity index is 0.00000300. The number of hydrogen-bond donors (Lipinski definition) is 2. The smallest absolute Gasteiger partial charge is 0.291 e. The summed E-state index contributed by atoms with van der Waals surface area (Å²) in [5, 5.41) is 2.74. The molecule has 1 saturated heterocycles. The molecule has 2 amide bonds. The molecule has 3 rings (SSSR count). The zero-order chi connectivity index (χ0) is 20.3. The second kappa shape index (κ2) is 9.67. The standard InChI is InChI=1S/C20H25N3O5.ClH/c1-12-7-13(10-21)11-23(12)20(25)14-8-17(26-2)18(27-3)9-15(14)22-19(24)16-5-4-6-28-16;/h4-6,8-9,12-13H,7,10-11,21H2,1-3H3,(H,22,24);1H. The molecule has 158 valence electrons. The molecule has 29 heavy (non-hydrogen) atoms. The molecule has 0 spiro atoms. The molecule has 2 aromatic rings. The summed E-state index contributed by atoms with van der Waals surface area (Å²) in [5.41, 5.74) is 6.44. The highest BCUT2D eigenvalue weighted by molar-refractivity contribution is 6.08. The number of rotatable bonds is 6. The lowest BCUT2D eigenvalue weighted by molar-refractivity contribution is 0.0744. The number of ether oxygens (including phenoxy) is 2. The number of halogens is 1. The molecule has 0 bridgehead atoms. The second-order valence-electron chi connectivity index (χ2n) is 6.83. The molecular weight excluding hydrogens is 398 g/mol. The second-order valence-corrected chi connectivity index (χ2v) is 6.83. The Hall–Kier alpha value is -2.71. The van der Waals surface area contributed by atoms with Crippen LogP contribution in [-0.4, -0.2) is 50.1 Å². The van der Waals surface area contributed by atoms with Crippen molar-refractivity contribution in [1.29, 1.82) is 0 Å². The van der Waals surface area contributed by atoms with E-state index < -0.39 is 5.91 Å². The number of furan rings is 1. The fourth-order valence-corrected chi connectivity index (χ4v) is 3.50. The molecule has 2 heterocycles. The summed E-state index contributed by atoms with van der Waals surface area (Å²) in [6.07, 6.45) is 2.26. The predicted molar refractivity (Wildman–Crippen MR) is 111 cm³/mol. The maximum absolute atomic E-state index is 13.3. The highest BCUT2D eigenvalue weighted by Gasteiger charge is 2.34. The topological polar surface area (TPSA) is 107 Å². The molecule has 2 unspecified atom stereocenters. The number of nitrogens with two attached hydrogens (primary N) is 1. The van der Waals surface area contributed by atoms with E-state index in [-0.39, 0.29) is 36.0 Å². The summed E-state index contributed by atoms with van der Waals surface area (Å²) < 4.78 is 15.8. The number of carbonyl (C=O) groups is 2. The summed E-state index contributed by atoms with van der Waals surface area (Å²) in [6.45, 7) is 3.11. The van der Waals surface area contributed by atoms with Gasteiger partial charge in [0.05, 0.1) is 31.7 Å². The third-order valence-electron chi connectivity index (χ3n) is 5.00. The van der Waals surface area contributed by atoms with E-state index in [1.165, 1.54) is 20.5 Å². The van der Waals surface area contributed by atoms with E-state index in [0.29, 0.717) is 35.8 Å². The highest BCUT2D eigenvalue weighted by Crippen LogP contribution is 2.35. The van der Waals surface area contributed by atoms with E-state index in [4.69, 9.17) is 19.6 Å². The average molecular weight is 424 g/mol.